The van der Waals surface area contributed by atoms with Crippen molar-refractivity contribution in [2.75, 3.05) is 18.5 Å². The second kappa shape index (κ2) is 8.94. The standard InChI is InChI=1S/C15H21FN2O3/c1-3-4-5-8-21-14(19)10-17-15(20)18-12-7-6-11(2)13(16)9-12/h6-7,9H,3-5,8,10H2,1-2H3,(H2,17,18,20). The third kappa shape index (κ3) is 6.74. The molecule has 116 valence electrons. The molecule has 1 aromatic carbocycles. The molecule has 0 atom stereocenters. The number of hydrogen-bond acceptors (Lipinski definition) is 3. The second-order valence-electron chi connectivity index (χ2n) is 4.70. The first-order chi connectivity index (χ1) is 10.0. The van der Waals surface area contributed by atoms with Gasteiger partial charge in [-0.15, -0.1) is 0 Å². The van der Waals surface area contributed by atoms with Crippen molar-refractivity contribution in [2.45, 2.75) is 33.1 Å². The zero-order chi connectivity index (χ0) is 15.7. The first-order valence-corrected chi connectivity index (χ1v) is 6.99. The lowest BCUT2D eigenvalue weighted by molar-refractivity contribution is -0.142. The van der Waals surface area contributed by atoms with E-state index in [1.807, 2.05) is 0 Å². The molecular formula is C15H21FN2O3. The number of rotatable bonds is 7. The van der Waals surface area contributed by atoms with E-state index in [9.17, 15) is 14.0 Å². The Morgan fingerprint density at radius 2 is 2.05 bits per heavy atom. The fraction of sp³-hybridized carbons (Fsp3) is 0.467. The average molecular weight is 296 g/mol. The van der Waals surface area contributed by atoms with Crippen molar-refractivity contribution in [3.05, 3.63) is 29.6 Å². The van der Waals surface area contributed by atoms with Crippen LogP contribution in [0.4, 0.5) is 14.9 Å². The predicted molar refractivity (Wildman–Crippen MR) is 78.6 cm³/mol. The summed E-state index contributed by atoms with van der Waals surface area (Å²) >= 11 is 0. The highest BCUT2D eigenvalue weighted by Gasteiger charge is 2.07. The molecule has 21 heavy (non-hydrogen) atoms. The summed E-state index contributed by atoms with van der Waals surface area (Å²) in [6, 6.07) is 3.79. The molecule has 0 heterocycles. The third-order valence-electron chi connectivity index (χ3n) is 2.83. The van der Waals surface area contributed by atoms with E-state index >= 15 is 0 Å². The van der Waals surface area contributed by atoms with Crippen molar-refractivity contribution in [3.8, 4) is 0 Å². The Bertz CT molecular complexity index is 492. The van der Waals surface area contributed by atoms with Gasteiger partial charge in [0.25, 0.3) is 0 Å². The number of hydrogen-bond donors (Lipinski definition) is 2. The monoisotopic (exact) mass is 296 g/mol. The molecule has 0 radical (unpaired) electrons. The predicted octanol–water partition coefficient (Wildman–Crippen LogP) is 2.99. The Kier molecular flexibility index (Phi) is 7.21. The maximum absolute atomic E-state index is 13.3. The number of halogens is 1. The van der Waals surface area contributed by atoms with Crippen LogP contribution in [0.2, 0.25) is 0 Å². The number of urea groups is 1. The van der Waals surface area contributed by atoms with Gasteiger partial charge in [0.2, 0.25) is 0 Å². The Morgan fingerprint density at radius 1 is 1.29 bits per heavy atom. The van der Waals surface area contributed by atoms with Crippen molar-refractivity contribution in [1.29, 1.82) is 0 Å². The molecule has 0 saturated heterocycles. The van der Waals surface area contributed by atoms with E-state index in [0.717, 1.165) is 19.3 Å². The molecule has 0 aliphatic heterocycles. The van der Waals surface area contributed by atoms with Crippen molar-refractivity contribution >= 4 is 17.7 Å². The summed E-state index contributed by atoms with van der Waals surface area (Å²) in [5.74, 6) is -0.889. The summed E-state index contributed by atoms with van der Waals surface area (Å²) in [7, 11) is 0. The topological polar surface area (TPSA) is 67.4 Å². The van der Waals surface area contributed by atoms with Crippen molar-refractivity contribution in [3.63, 3.8) is 0 Å². The zero-order valence-corrected chi connectivity index (χ0v) is 12.4. The summed E-state index contributed by atoms with van der Waals surface area (Å²) in [6.07, 6.45) is 2.86. The van der Waals surface area contributed by atoms with E-state index in [4.69, 9.17) is 4.74 Å². The van der Waals surface area contributed by atoms with Gasteiger partial charge in [-0.1, -0.05) is 25.8 Å². The van der Waals surface area contributed by atoms with Crippen LogP contribution in [0.5, 0.6) is 0 Å². The maximum atomic E-state index is 13.3. The summed E-state index contributed by atoms with van der Waals surface area (Å²) in [5, 5.41) is 4.80. The van der Waals surface area contributed by atoms with Crippen LogP contribution >= 0.6 is 0 Å². The molecular weight excluding hydrogens is 275 g/mol. The molecule has 0 spiro atoms. The lowest BCUT2D eigenvalue weighted by atomic mass is 10.2. The number of carbonyl (C=O) groups is 2. The summed E-state index contributed by atoms with van der Waals surface area (Å²) in [5.41, 5.74) is 0.823. The molecule has 5 nitrogen and oxygen atoms in total. The number of carbonyl (C=O) groups excluding carboxylic acids is 2. The third-order valence-corrected chi connectivity index (χ3v) is 2.83. The van der Waals surface area contributed by atoms with Gasteiger partial charge in [-0.3, -0.25) is 4.79 Å². The highest BCUT2D eigenvalue weighted by atomic mass is 19.1. The average Bonchev–Trinajstić information content (AvgIpc) is 2.45. The summed E-state index contributed by atoms with van der Waals surface area (Å²) in [4.78, 5) is 22.9. The number of amides is 2. The molecule has 2 amide bonds. The molecule has 0 unspecified atom stereocenters. The highest BCUT2D eigenvalue weighted by Crippen LogP contribution is 2.13. The van der Waals surface area contributed by atoms with Crippen molar-refractivity contribution in [1.82, 2.24) is 5.32 Å². The fourth-order valence-electron chi connectivity index (χ4n) is 1.59. The van der Waals surface area contributed by atoms with Crippen LogP contribution in [0.1, 0.15) is 31.7 Å². The number of nitrogens with one attached hydrogen (secondary N) is 2. The van der Waals surface area contributed by atoms with E-state index in [0.29, 0.717) is 17.9 Å². The summed E-state index contributed by atoms with van der Waals surface area (Å²) < 4.78 is 18.2. The van der Waals surface area contributed by atoms with Gasteiger partial charge in [0.15, 0.2) is 0 Å². The van der Waals surface area contributed by atoms with Crippen LogP contribution in [0.3, 0.4) is 0 Å². The van der Waals surface area contributed by atoms with Gasteiger partial charge in [-0.2, -0.15) is 0 Å². The van der Waals surface area contributed by atoms with Gasteiger partial charge < -0.3 is 15.4 Å². The van der Waals surface area contributed by atoms with Crippen LogP contribution in [0.15, 0.2) is 18.2 Å². The minimum absolute atomic E-state index is 0.216. The van der Waals surface area contributed by atoms with Crippen molar-refractivity contribution < 1.29 is 18.7 Å². The Hall–Kier alpha value is -2.11. The number of unbranched alkanes of at least 4 members (excludes halogenated alkanes) is 2. The molecule has 1 rings (SSSR count). The molecule has 0 bridgehead atoms. The molecule has 0 aromatic heterocycles. The fourth-order valence-corrected chi connectivity index (χ4v) is 1.59. The van der Waals surface area contributed by atoms with Crippen LogP contribution in [-0.2, 0) is 9.53 Å². The van der Waals surface area contributed by atoms with Crippen LogP contribution in [0.25, 0.3) is 0 Å². The second-order valence-corrected chi connectivity index (χ2v) is 4.70. The lowest BCUT2D eigenvalue weighted by Gasteiger charge is -2.08. The SMILES string of the molecule is CCCCCOC(=O)CNC(=O)Nc1ccc(C)c(F)c1. The Labute approximate surface area is 123 Å². The number of anilines is 1. The zero-order valence-electron chi connectivity index (χ0n) is 12.4. The van der Waals surface area contributed by atoms with Gasteiger partial charge in [0, 0.05) is 5.69 Å². The molecule has 1 aromatic rings. The Balaban J connectivity index is 2.27. The van der Waals surface area contributed by atoms with E-state index < -0.39 is 17.8 Å². The van der Waals surface area contributed by atoms with E-state index in [1.54, 1.807) is 19.1 Å². The smallest absolute Gasteiger partial charge is 0.325 e. The van der Waals surface area contributed by atoms with Crippen LogP contribution in [0, 0.1) is 12.7 Å². The normalized spacial score (nSPS) is 10.0. The molecule has 0 fully saturated rings. The molecule has 2 N–H and O–H groups in total. The number of ether oxygens (including phenoxy) is 1. The minimum atomic E-state index is -0.580. The highest BCUT2D eigenvalue weighted by molar-refractivity contribution is 5.91. The Morgan fingerprint density at radius 3 is 2.71 bits per heavy atom. The van der Waals surface area contributed by atoms with Gasteiger partial charge in [0.05, 0.1) is 6.61 Å². The quantitative estimate of drug-likeness (QED) is 0.600. The van der Waals surface area contributed by atoms with E-state index in [2.05, 4.69) is 17.6 Å². The molecule has 0 aliphatic carbocycles. The van der Waals surface area contributed by atoms with Crippen LogP contribution in [-0.4, -0.2) is 25.2 Å². The molecule has 0 aliphatic rings. The van der Waals surface area contributed by atoms with Gasteiger partial charge in [0.1, 0.15) is 12.4 Å². The van der Waals surface area contributed by atoms with E-state index in [1.165, 1.54) is 6.07 Å². The number of benzene rings is 1. The minimum Gasteiger partial charge on any atom is -0.464 e. The van der Waals surface area contributed by atoms with Crippen molar-refractivity contribution in [2.24, 2.45) is 0 Å². The molecule has 6 heteroatoms. The van der Waals surface area contributed by atoms with Gasteiger partial charge in [-0.25, -0.2) is 9.18 Å². The first-order valence-electron chi connectivity index (χ1n) is 6.99. The molecule has 0 saturated carbocycles. The number of aryl methyl sites for hydroxylation is 1. The maximum Gasteiger partial charge on any atom is 0.325 e. The number of esters is 1. The lowest BCUT2D eigenvalue weighted by Crippen LogP contribution is -2.34. The largest absolute Gasteiger partial charge is 0.464 e. The summed E-state index contributed by atoms with van der Waals surface area (Å²) in [6.45, 7) is 3.83. The van der Waals surface area contributed by atoms with Gasteiger partial charge >= 0.3 is 12.0 Å². The van der Waals surface area contributed by atoms with Crippen LogP contribution < -0.4 is 10.6 Å². The van der Waals surface area contributed by atoms with Gasteiger partial charge in [-0.05, 0) is 31.0 Å². The first kappa shape index (κ1) is 16.9. The van der Waals surface area contributed by atoms with E-state index in [-0.39, 0.29) is 6.54 Å².